The van der Waals surface area contributed by atoms with Crippen molar-refractivity contribution in [3.63, 3.8) is 0 Å². The van der Waals surface area contributed by atoms with Crippen molar-refractivity contribution in [2.24, 2.45) is 0 Å². The van der Waals surface area contributed by atoms with Crippen molar-refractivity contribution in [1.29, 1.82) is 0 Å². The van der Waals surface area contributed by atoms with Crippen LogP contribution in [0.3, 0.4) is 0 Å². The Balaban J connectivity index is 2.94. The highest BCUT2D eigenvalue weighted by Crippen LogP contribution is 2.18. The predicted octanol–water partition coefficient (Wildman–Crippen LogP) is 1.19. The molecule has 0 aromatic heterocycles. The second-order valence-electron chi connectivity index (χ2n) is 3.96. The van der Waals surface area contributed by atoms with Gasteiger partial charge in [0.15, 0.2) is 0 Å². The maximum atomic E-state index is 13.3. The molecule has 0 aliphatic rings. The van der Waals surface area contributed by atoms with Gasteiger partial charge in [0.05, 0.1) is 11.0 Å². The Bertz CT molecular complexity index is 476. The van der Waals surface area contributed by atoms with Crippen LogP contribution in [0.4, 0.5) is 10.1 Å². The van der Waals surface area contributed by atoms with Gasteiger partial charge in [-0.25, -0.2) is 0 Å². The Morgan fingerprint density at radius 2 is 2.22 bits per heavy atom. The Labute approximate surface area is 103 Å². The molecule has 1 unspecified atom stereocenters. The molecule has 0 spiro atoms. The van der Waals surface area contributed by atoms with Crippen LogP contribution < -0.4 is 0 Å². The summed E-state index contributed by atoms with van der Waals surface area (Å²) in [4.78, 5) is 22.6. The van der Waals surface area contributed by atoms with E-state index in [1.165, 1.54) is 24.9 Å². The molecular weight excluding hydrogens is 243 g/mol. The fourth-order valence-electron chi connectivity index (χ4n) is 1.49. The molecule has 0 radical (unpaired) electrons. The van der Waals surface area contributed by atoms with E-state index in [9.17, 15) is 19.3 Å². The Morgan fingerprint density at radius 1 is 1.61 bits per heavy atom. The molecule has 18 heavy (non-hydrogen) atoms. The molecule has 0 bridgehead atoms. The number of nitro benzene ring substituents is 1. The lowest BCUT2D eigenvalue weighted by Gasteiger charge is -2.18. The molecule has 1 N–H and O–H groups in total. The monoisotopic (exact) mass is 256 g/mol. The lowest BCUT2D eigenvalue weighted by molar-refractivity contribution is -0.387. The van der Waals surface area contributed by atoms with Crippen molar-refractivity contribution in [2.45, 2.75) is 13.0 Å². The van der Waals surface area contributed by atoms with Crippen LogP contribution in [0.5, 0.6) is 0 Å². The van der Waals surface area contributed by atoms with E-state index in [-0.39, 0.29) is 12.1 Å². The lowest BCUT2D eigenvalue weighted by Crippen LogP contribution is -2.33. The minimum Gasteiger partial charge on any atom is -0.392 e. The van der Waals surface area contributed by atoms with Gasteiger partial charge < -0.3 is 10.0 Å². The average molecular weight is 256 g/mol. The van der Waals surface area contributed by atoms with E-state index in [0.717, 1.165) is 12.1 Å². The fourth-order valence-corrected chi connectivity index (χ4v) is 1.49. The minimum absolute atomic E-state index is 0.00116. The molecule has 0 heterocycles. The standard InChI is InChI=1S/C11H13FN2O4/c1-7(15)6-13(2)11(16)8-3-4-10(14(17)18)9(12)5-8/h3-5,7,15H,6H2,1-2H3. The molecule has 0 aliphatic carbocycles. The second-order valence-corrected chi connectivity index (χ2v) is 3.96. The van der Waals surface area contributed by atoms with E-state index >= 15 is 0 Å². The summed E-state index contributed by atoms with van der Waals surface area (Å²) in [5, 5.41) is 19.6. The van der Waals surface area contributed by atoms with Crippen molar-refractivity contribution in [1.82, 2.24) is 4.90 Å². The molecule has 0 saturated carbocycles. The van der Waals surface area contributed by atoms with Crippen LogP contribution in [0.1, 0.15) is 17.3 Å². The number of amides is 1. The van der Waals surface area contributed by atoms with E-state index < -0.39 is 28.4 Å². The minimum atomic E-state index is -1.06. The van der Waals surface area contributed by atoms with Crippen LogP contribution in [0.25, 0.3) is 0 Å². The molecule has 0 aliphatic heterocycles. The SMILES string of the molecule is CC(O)CN(C)C(=O)c1ccc([N+](=O)[O-])c(F)c1. The summed E-state index contributed by atoms with van der Waals surface area (Å²) in [5.74, 6) is -1.57. The first-order valence-electron chi connectivity index (χ1n) is 5.20. The lowest BCUT2D eigenvalue weighted by atomic mass is 10.1. The summed E-state index contributed by atoms with van der Waals surface area (Å²) in [6, 6.07) is 2.94. The van der Waals surface area contributed by atoms with Crippen LogP contribution in [0.2, 0.25) is 0 Å². The predicted molar refractivity (Wildman–Crippen MR) is 61.7 cm³/mol. The smallest absolute Gasteiger partial charge is 0.304 e. The second kappa shape index (κ2) is 5.54. The number of aliphatic hydroxyl groups excluding tert-OH is 1. The Hall–Kier alpha value is -2.02. The molecule has 0 saturated heterocycles. The van der Waals surface area contributed by atoms with Gasteiger partial charge in [-0.1, -0.05) is 0 Å². The van der Waals surface area contributed by atoms with E-state index in [0.29, 0.717) is 0 Å². The fraction of sp³-hybridized carbons (Fsp3) is 0.364. The highest BCUT2D eigenvalue weighted by Gasteiger charge is 2.19. The van der Waals surface area contributed by atoms with Crippen LogP contribution in [-0.4, -0.2) is 40.5 Å². The number of aliphatic hydroxyl groups is 1. The first-order chi connectivity index (χ1) is 8.32. The topological polar surface area (TPSA) is 83.7 Å². The van der Waals surface area contributed by atoms with Crippen molar-refractivity contribution >= 4 is 11.6 Å². The van der Waals surface area contributed by atoms with Crippen molar-refractivity contribution in [3.05, 3.63) is 39.7 Å². The van der Waals surface area contributed by atoms with Gasteiger partial charge in [0, 0.05) is 25.2 Å². The zero-order valence-electron chi connectivity index (χ0n) is 9.96. The molecule has 6 nitrogen and oxygen atoms in total. The maximum Gasteiger partial charge on any atom is 0.304 e. The number of halogens is 1. The highest BCUT2D eigenvalue weighted by molar-refractivity contribution is 5.94. The van der Waals surface area contributed by atoms with Gasteiger partial charge in [-0.15, -0.1) is 0 Å². The van der Waals surface area contributed by atoms with Crippen LogP contribution >= 0.6 is 0 Å². The summed E-state index contributed by atoms with van der Waals surface area (Å²) >= 11 is 0. The Kier molecular flexibility index (Phi) is 4.33. The number of hydrogen-bond acceptors (Lipinski definition) is 4. The number of rotatable bonds is 4. The summed E-state index contributed by atoms with van der Waals surface area (Å²) < 4.78 is 13.3. The van der Waals surface area contributed by atoms with E-state index in [1.807, 2.05) is 0 Å². The largest absolute Gasteiger partial charge is 0.392 e. The zero-order chi connectivity index (χ0) is 13.9. The zero-order valence-corrected chi connectivity index (χ0v) is 9.96. The number of likely N-dealkylation sites (N-methyl/N-ethyl adjacent to an activating group) is 1. The van der Waals surface area contributed by atoms with Gasteiger partial charge in [-0.3, -0.25) is 14.9 Å². The molecule has 1 aromatic carbocycles. The quantitative estimate of drug-likeness (QED) is 0.647. The van der Waals surface area contributed by atoms with Crippen molar-refractivity contribution < 1.29 is 19.2 Å². The number of hydrogen-bond donors (Lipinski definition) is 1. The summed E-state index contributed by atoms with van der Waals surface area (Å²) in [6.07, 6.45) is -0.707. The maximum absolute atomic E-state index is 13.3. The number of carbonyl (C=O) groups is 1. The normalized spacial score (nSPS) is 12.0. The van der Waals surface area contributed by atoms with E-state index in [1.54, 1.807) is 0 Å². The number of benzene rings is 1. The average Bonchev–Trinajstić information content (AvgIpc) is 2.26. The first kappa shape index (κ1) is 14.0. The Morgan fingerprint density at radius 3 is 2.67 bits per heavy atom. The van der Waals surface area contributed by atoms with Crippen LogP contribution in [-0.2, 0) is 0 Å². The van der Waals surface area contributed by atoms with Crippen molar-refractivity contribution in [2.75, 3.05) is 13.6 Å². The van der Waals surface area contributed by atoms with Gasteiger partial charge in [0.2, 0.25) is 5.82 Å². The van der Waals surface area contributed by atoms with Crippen LogP contribution in [0.15, 0.2) is 18.2 Å². The molecule has 1 amide bonds. The summed E-state index contributed by atoms with van der Waals surface area (Å²) in [5.41, 5.74) is -0.675. The van der Waals surface area contributed by atoms with Gasteiger partial charge in [0.1, 0.15) is 0 Å². The molecule has 1 rings (SSSR count). The molecule has 98 valence electrons. The van der Waals surface area contributed by atoms with Crippen LogP contribution in [0, 0.1) is 15.9 Å². The van der Waals surface area contributed by atoms with Gasteiger partial charge >= 0.3 is 5.69 Å². The summed E-state index contributed by atoms with van der Waals surface area (Å²) in [6.45, 7) is 1.61. The highest BCUT2D eigenvalue weighted by atomic mass is 19.1. The first-order valence-corrected chi connectivity index (χ1v) is 5.20. The molecule has 0 fully saturated rings. The number of nitro groups is 1. The van der Waals surface area contributed by atoms with E-state index in [2.05, 4.69) is 0 Å². The molecular formula is C11H13FN2O4. The third-order valence-corrected chi connectivity index (χ3v) is 2.28. The number of nitrogens with zero attached hydrogens (tertiary/aromatic N) is 2. The summed E-state index contributed by atoms with van der Waals surface area (Å²) in [7, 11) is 1.45. The third-order valence-electron chi connectivity index (χ3n) is 2.28. The molecule has 1 aromatic rings. The third kappa shape index (κ3) is 3.24. The van der Waals surface area contributed by atoms with Gasteiger partial charge in [0.25, 0.3) is 5.91 Å². The number of carbonyl (C=O) groups excluding carboxylic acids is 1. The molecule has 7 heteroatoms. The van der Waals surface area contributed by atoms with Crippen molar-refractivity contribution in [3.8, 4) is 0 Å². The van der Waals surface area contributed by atoms with Gasteiger partial charge in [-0.2, -0.15) is 4.39 Å². The van der Waals surface area contributed by atoms with Gasteiger partial charge in [-0.05, 0) is 19.1 Å². The molecule has 1 atom stereocenters. The van der Waals surface area contributed by atoms with E-state index in [4.69, 9.17) is 5.11 Å².